The number of benzene rings is 1. The van der Waals surface area contributed by atoms with Crippen LogP contribution in [0.5, 0.6) is 11.5 Å². The van der Waals surface area contributed by atoms with Crippen LogP contribution in [0, 0.1) is 0 Å². The Hall–Kier alpha value is -2.96. The molecule has 1 aromatic carbocycles. The largest absolute Gasteiger partial charge is 0.454 e. The normalized spacial score (nSPS) is 19.0. The number of hydrogen-bond acceptors (Lipinski definition) is 4. The lowest BCUT2D eigenvalue weighted by molar-refractivity contribution is -0.117. The molecule has 0 unspecified atom stereocenters. The van der Waals surface area contributed by atoms with Gasteiger partial charge in [0.1, 0.15) is 5.69 Å². The van der Waals surface area contributed by atoms with E-state index >= 15 is 0 Å². The lowest BCUT2D eigenvalue weighted by Gasteiger charge is -2.17. The predicted octanol–water partition coefficient (Wildman–Crippen LogP) is 1.29. The van der Waals surface area contributed by atoms with Crippen LogP contribution in [-0.4, -0.2) is 35.8 Å². The second-order valence-corrected chi connectivity index (χ2v) is 5.92. The monoisotopic (exact) mass is 327 g/mol. The molecule has 24 heavy (non-hydrogen) atoms. The molecule has 2 aromatic rings. The summed E-state index contributed by atoms with van der Waals surface area (Å²) in [5.74, 6) is 1.12. The smallest absolute Gasteiger partial charge is 0.268 e. The molecule has 7 heteroatoms. The van der Waals surface area contributed by atoms with Crippen LogP contribution >= 0.6 is 0 Å². The fraction of sp³-hybridized carbons (Fsp3) is 0.294. The number of anilines is 1. The zero-order valence-electron chi connectivity index (χ0n) is 13.2. The van der Waals surface area contributed by atoms with Gasteiger partial charge < -0.3 is 24.3 Å². The lowest BCUT2D eigenvalue weighted by atomic mass is 10.2. The van der Waals surface area contributed by atoms with Gasteiger partial charge in [0.05, 0.1) is 6.04 Å². The predicted molar refractivity (Wildman–Crippen MR) is 86.2 cm³/mol. The number of rotatable bonds is 3. The molecule has 7 nitrogen and oxygen atoms in total. The molecule has 1 N–H and O–H groups in total. The third kappa shape index (κ3) is 2.47. The highest BCUT2D eigenvalue weighted by Gasteiger charge is 2.32. The van der Waals surface area contributed by atoms with E-state index in [2.05, 4.69) is 5.32 Å². The Morgan fingerprint density at radius 1 is 1.25 bits per heavy atom. The van der Waals surface area contributed by atoms with Gasteiger partial charge in [-0.05, 0) is 24.3 Å². The van der Waals surface area contributed by atoms with Gasteiger partial charge >= 0.3 is 0 Å². The average molecular weight is 327 g/mol. The van der Waals surface area contributed by atoms with Crippen LogP contribution in [0.4, 0.5) is 5.69 Å². The van der Waals surface area contributed by atoms with Crippen LogP contribution in [0.15, 0.2) is 36.5 Å². The van der Waals surface area contributed by atoms with E-state index < -0.39 is 0 Å². The summed E-state index contributed by atoms with van der Waals surface area (Å²) >= 11 is 0. The van der Waals surface area contributed by atoms with Gasteiger partial charge in [-0.1, -0.05) is 0 Å². The summed E-state index contributed by atoms with van der Waals surface area (Å²) in [5, 5.41) is 2.93. The third-order valence-electron chi connectivity index (χ3n) is 4.30. The Balaban J connectivity index is 1.47. The number of carbonyl (C=O) groups is 2. The number of aromatic nitrogens is 1. The summed E-state index contributed by atoms with van der Waals surface area (Å²) in [7, 11) is 1.81. The van der Waals surface area contributed by atoms with Crippen LogP contribution in [0.1, 0.15) is 16.9 Å². The van der Waals surface area contributed by atoms with Gasteiger partial charge in [0.25, 0.3) is 5.91 Å². The van der Waals surface area contributed by atoms with Crippen molar-refractivity contribution in [3.63, 3.8) is 0 Å². The highest BCUT2D eigenvalue weighted by Crippen LogP contribution is 2.36. The Bertz CT molecular complexity index is 814. The van der Waals surface area contributed by atoms with Crippen molar-refractivity contribution in [3.8, 4) is 11.5 Å². The molecule has 1 saturated heterocycles. The minimum Gasteiger partial charge on any atom is -0.454 e. The minimum absolute atomic E-state index is 0.0222. The first-order chi connectivity index (χ1) is 11.6. The van der Waals surface area contributed by atoms with Crippen molar-refractivity contribution >= 4 is 17.5 Å². The highest BCUT2D eigenvalue weighted by atomic mass is 16.7. The number of amides is 2. The minimum atomic E-state index is -0.217. The molecule has 1 aromatic heterocycles. The molecule has 0 aliphatic carbocycles. The van der Waals surface area contributed by atoms with E-state index in [1.807, 2.05) is 25.4 Å². The van der Waals surface area contributed by atoms with E-state index in [0.717, 1.165) is 5.69 Å². The zero-order valence-corrected chi connectivity index (χ0v) is 13.2. The molecule has 0 bridgehead atoms. The molecule has 2 aliphatic heterocycles. The first kappa shape index (κ1) is 14.6. The Morgan fingerprint density at radius 3 is 2.88 bits per heavy atom. The van der Waals surface area contributed by atoms with E-state index in [1.54, 1.807) is 27.7 Å². The summed E-state index contributed by atoms with van der Waals surface area (Å²) in [5.41, 5.74) is 1.32. The second kappa shape index (κ2) is 5.59. The molecule has 0 saturated carbocycles. The van der Waals surface area contributed by atoms with Crippen molar-refractivity contribution in [3.05, 3.63) is 42.2 Å². The Kier molecular flexibility index (Phi) is 3.41. The molecule has 4 rings (SSSR count). The second-order valence-electron chi connectivity index (χ2n) is 5.92. The fourth-order valence-electron chi connectivity index (χ4n) is 3.06. The molecule has 0 radical (unpaired) electrons. The zero-order chi connectivity index (χ0) is 16.7. The van der Waals surface area contributed by atoms with Gasteiger partial charge in [0, 0.05) is 38.0 Å². The summed E-state index contributed by atoms with van der Waals surface area (Å²) < 4.78 is 12.4. The number of nitrogens with zero attached hydrogens (tertiary/aromatic N) is 2. The molecular weight excluding hydrogens is 310 g/mol. The molecule has 2 aliphatic rings. The molecular formula is C17H17N3O4. The number of nitrogens with one attached hydrogen (secondary N) is 1. The van der Waals surface area contributed by atoms with Gasteiger partial charge in [0.2, 0.25) is 12.7 Å². The van der Waals surface area contributed by atoms with Crippen molar-refractivity contribution in [2.45, 2.75) is 12.5 Å². The third-order valence-corrected chi connectivity index (χ3v) is 4.30. The van der Waals surface area contributed by atoms with E-state index in [4.69, 9.17) is 9.47 Å². The average Bonchev–Trinajstić information content (AvgIpc) is 3.26. The number of hydrogen-bond donors (Lipinski definition) is 1. The van der Waals surface area contributed by atoms with Gasteiger partial charge in [-0.15, -0.1) is 0 Å². The maximum Gasteiger partial charge on any atom is 0.268 e. The van der Waals surface area contributed by atoms with Crippen LogP contribution in [0.2, 0.25) is 0 Å². The van der Waals surface area contributed by atoms with Crippen molar-refractivity contribution in [1.29, 1.82) is 0 Å². The Labute approximate surface area is 138 Å². The van der Waals surface area contributed by atoms with Crippen molar-refractivity contribution in [1.82, 2.24) is 9.88 Å². The molecule has 1 atom stereocenters. The standard InChI is InChI=1S/C17H17N3O4/c1-19-6-2-3-13(19)17(22)18-11-7-16(21)20(9-11)12-4-5-14-15(8-12)24-10-23-14/h2-6,8,11H,7,9-10H2,1H3,(H,18,22)/t11-/m0/s1. The fourth-order valence-corrected chi connectivity index (χ4v) is 3.06. The summed E-state index contributed by atoms with van der Waals surface area (Å²) in [6.45, 7) is 0.636. The first-order valence-corrected chi connectivity index (χ1v) is 7.74. The van der Waals surface area contributed by atoms with Gasteiger partial charge in [0.15, 0.2) is 11.5 Å². The summed E-state index contributed by atoms with van der Waals surface area (Å²) in [6.07, 6.45) is 2.10. The van der Waals surface area contributed by atoms with Crippen molar-refractivity contribution in [2.24, 2.45) is 7.05 Å². The summed E-state index contributed by atoms with van der Waals surface area (Å²) in [4.78, 5) is 26.3. The van der Waals surface area contributed by atoms with Crippen LogP contribution in [-0.2, 0) is 11.8 Å². The maximum absolute atomic E-state index is 12.3. The lowest BCUT2D eigenvalue weighted by Crippen LogP contribution is -2.37. The molecule has 1 fully saturated rings. The van der Waals surface area contributed by atoms with E-state index in [0.29, 0.717) is 23.7 Å². The van der Waals surface area contributed by atoms with Crippen LogP contribution < -0.4 is 19.7 Å². The van der Waals surface area contributed by atoms with Gasteiger partial charge in [-0.3, -0.25) is 9.59 Å². The van der Waals surface area contributed by atoms with Crippen LogP contribution in [0.3, 0.4) is 0 Å². The number of fused-ring (bicyclic) bond motifs is 1. The topological polar surface area (TPSA) is 72.8 Å². The molecule has 2 amide bonds. The van der Waals surface area contributed by atoms with E-state index in [1.165, 1.54) is 0 Å². The summed E-state index contributed by atoms with van der Waals surface area (Å²) in [6, 6.07) is 8.76. The van der Waals surface area contributed by atoms with Crippen molar-refractivity contribution < 1.29 is 19.1 Å². The van der Waals surface area contributed by atoms with Crippen molar-refractivity contribution in [2.75, 3.05) is 18.2 Å². The van der Waals surface area contributed by atoms with E-state index in [-0.39, 0.29) is 31.1 Å². The number of aryl methyl sites for hydroxylation is 1. The maximum atomic E-state index is 12.3. The van der Waals surface area contributed by atoms with Crippen LogP contribution in [0.25, 0.3) is 0 Å². The molecule has 3 heterocycles. The van der Waals surface area contributed by atoms with Gasteiger partial charge in [-0.2, -0.15) is 0 Å². The van der Waals surface area contributed by atoms with Gasteiger partial charge in [-0.25, -0.2) is 0 Å². The quantitative estimate of drug-likeness (QED) is 0.922. The highest BCUT2D eigenvalue weighted by molar-refractivity contribution is 5.98. The Morgan fingerprint density at radius 2 is 2.08 bits per heavy atom. The van der Waals surface area contributed by atoms with E-state index in [9.17, 15) is 9.59 Å². The number of ether oxygens (including phenoxy) is 2. The molecule has 0 spiro atoms. The molecule has 124 valence electrons. The number of carbonyl (C=O) groups excluding carboxylic acids is 2. The SMILES string of the molecule is Cn1cccc1C(=O)N[C@H]1CC(=O)N(c2ccc3c(c2)OCO3)C1. The first-order valence-electron chi connectivity index (χ1n) is 7.74.